The quantitative estimate of drug-likeness (QED) is 0.244. The van der Waals surface area contributed by atoms with Crippen LogP contribution in [0.1, 0.15) is 92.3 Å². The van der Waals surface area contributed by atoms with Gasteiger partial charge in [-0.15, -0.1) is 0 Å². The molecule has 248 valence electrons. The Labute approximate surface area is 267 Å². The molecule has 3 unspecified atom stereocenters. The van der Waals surface area contributed by atoms with Crippen molar-refractivity contribution in [1.29, 1.82) is 0 Å². The van der Waals surface area contributed by atoms with Crippen LogP contribution in [0.4, 0.5) is 4.79 Å². The molecular formula is C35H51N3O7. The fraction of sp³-hybridized carbons (Fsp3) is 0.543. The van der Waals surface area contributed by atoms with Crippen LogP contribution in [-0.2, 0) is 30.3 Å². The van der Waals surface area contributed by atoms with Crippen molar-refractivity contribution in [3.63, 3.8) is 0 Å². The van der Waals surface area contributed by atoms with Gasteiger partial charge in [-0.2, -0.15) is 0 Å². The van der Waals surface area contributed by atoms with Crippen molar-refractivity contribution < 1.29 is 33.8 Å². The first-order valence-corrected chi connectivity index (χ1v) is 15.6. The van der Waals surface area contributed by atoms with Gasteiger partial charge in [0.05, 0.1) is 0 Å². The second-order valence-corrected chi connectivity index (χ2v) is 13.6. The molecule has 2 rings (SSSR count). The van der Waals surface area contributed by atoms with Crippen molar-refractivity contribution in [3.05, 3.63) is 65.7 Å². The normalized spacial score (nSPS) is 13.7. The van der Waals surface area contributed by atoms with Gasteiger partial charge < -0.3 is 30.1 Å². The number of nitrogens with one attached hydrogen (secondary N) is 2. The maximum absolute atomic E-state index is 14.3. The molecule has 10 heteroatoms. The summed E-state index contributed by atoms with van der Waals surface area (Å²) in [4.78, 5) is 56.2. The van der Waals surface area contributed by atoms with Crippen LogP contribution in [0, 0.1) is 5.92 Å². The number of alkyl carbamates (subject to hydrolysis) is 1. The molecule has 3 N–H and O–H groups in total. The van der Waals surface area contributed by atoms with Crippen molar-refractivity contribution in [3.8, 4) is 5.75 Å². The lowest BCUT2D eigenvalue weighted by molar-refractivity contribution is -0.159. The van der Waals surface area contributed by atoms with Gasteiger partial charge in [0.2, 0.25) is 11.8 Å². The standard InChI is InChI=1S/C35H51N3O7/c1-10-20-38(31(41)27(21-23(2)3)37-33(43)45-35(7,8)9)29(25-16-18-26(39)19-17-25)30(40)36-28(32(42)44-34(4,5)6)22-24-14-12-11-13-15-24/h11-19,23,27-29,39H,10,20-22H2,1-9H3,(H,36,40)(H,37,43). The molecule has 0 aliphatic rings. The number of carbonyl (C=O) groups excluding carboxylic acids is 4. The van der Waals surface area contributed by atoms with E-state index in [4.69, 9.17) is 9.47 Å². The highest BCUT2D eigenvalue weighted by Gasteiger charge is 2.38. The van der Waals surface area contributed by atoms with Crippen LogP contribution in [0.2, 0.25) is 0 Å². The topological polar surface area (TPSA) is 134 Å². The van der Waals surface area contributed by atoms with E-state index in [-0.39, 0.29) is 24.6 Å². The number of ether oxygens (including phenoxy) is 2. The second-order valence-electron chi connectivity index (χ2n) is 13.6. The molecule has 0 spiro atoms. The Morgan fingerprint density at radius 1 is 0.822 bits per heavy atom. The van der Waals surface area contributed by atoms with E-state index in [1.807, 2.05) is 51.1 Å². The van der Waals surface area contributed by atoms with Crippen molar-refractivity contribution in [2.45, 2.75) is 111 Å². The second kappa shape index (κ2) is 16.3. The van der Waals surface area contributed by atoms with Crippen LogP contribution >= 0.6 is 0 Å². The van der Waals surface area contributed by atoms with Gasteiger partial charge in [0.15, 0.2) is 0 Å². The average molecular weight is 626 g/mol. The first-order chi connectivity index (χ1) is 20.9. The van der Waals surface area contributed by atoms with Gasteiger partial charge in [-0.05, 0) is 83.6 Å². The Kier molecular flexibility index (Phi) is 13.4. The molecule has 0 aliphatic carbocycles. The predicted octanol–water partition coefficient (Wildman–Crippen LogP) is 5.68. The molecule has 0 saturated heterocycles. The molecule has 0 saturated carbocycles. The Morgan fingerprint density at radius 2 is 1.40 bits per heavy atom. The number of aromatic hydroxyl groups is 1. The summed E-state index contributed by atoms with van der Waals surface area (Å²) < 4.78 is 11.1. The minimum absolute atomic E-state index is 0.00809. The Bertz CT molecular complexity index is 1260. The molecule has 0 bridgehead atoms. The fourth-order valence-corrected chi connectivity index (χ4v) is 4.75. The molecule has 10 nitrogen and oxygen atoms in total. The van der Waals surface area contributed by atoms with Crippen LogP contribution in [0.3, 0.4) is 0 Å². The monoisotopic (exact) mass is 625 g/mol. The summed E-state index contributed by atoms with van der Waals surface area (Å²) >= 11 is 0. The maximum atomic E-state index is 14.3. The molecule has 3 amide bonds. The molecular weight excluding hydrogens is 574 g/mol. The number of hydrogen-bond donors (Lipinski definition) is 3. The SMILES string of the molecule is CCCN(C(=O)C(CC(C)C)NC(=O)OC(C)(C)C)C(C(=O)NC(Cc1ccccc1)C(=O)OC(C)(C)C)c1ccc(O)cc1. The smallest absolute Gasteiger partial charge is 0.408 e. The fourth-order valence-electron chi connectivity index (χ4n) is 4.75. The summed E-state index contributed by atoms with van der Waals surface area (Å²) in [5, 5.41) is 15.6. The van der Waals surface area contributed by atoms with E-state index in [0.717, 1.165) is 5.56 Å². The molecule has 2 aromatic carbocycles. The molecule has 0 fully saturated rings. The molecule has 0 aromatic heterocycles. The molecule has 0 aliphatic heterocycles. The lowest BCUT2D eigenvalue weighted by atomic mass is 9.98. The lowest BCUT2D eigenvalue weighted by Crippen LogP contribution is -2.55. The van der Waals surface area contributed by atoms with Gasteiger partial charge in [0, 0.05) is 13.0 Å². The Morgan fingerprint density at radius 3 is 1.91 bits per heavy atom. The number of rotatable bonds is 13. The van der Waals surface area contributed by atoms with Crippen molar-refractivity contribution >= 4 is 23.9 Å². The van der Waals surface area contributed by atoms with Gasteiger partial charge in [-0.25, -0.2) is 9.59 Å². The van der Waals surface area contributed by atoms with Gasteiger partial charge in [-0.1, -0.05) is 63.2 Å². The molecule has 0 radical (unpaired) electrons. The zero-order valence-corrected chi connectivity index (χ0v) is 28.2. The van der Waals surface area contributed by atoms with E-state index >= 15 is 0 Å². The summed E-state index contributed by atoms with van der Waals surface area (Å²) in [6.07, 6.45) is 0.239. The van der Waals surface area contributed by atoms with Gasteiger partial charge in [-0.3, -0.25) is 9.59 Å². The number of phenols is 1. The van der Waals surface area contributed by atoms with Crippen LogP contribution < -0.4 is 10.6 Å². The van der Waals surface area contributed by atoms with Crippen LogP contribution in [0.15, 0.2) is 54.6 Å². The number of nitrogens with zero attached hydrogens (tertiary/aromatic N) is 1. The molecule has 0 heterocycles. The van der Waals surface area contributed by atoms with Gasteiger partial charge >= 0.3 is 12.1 Å². The van der Waals surface area contributed by atoms with Gasteiger partial charge in [0.1, 0.15) is 35.1 Å². The number of phenolic OH excluding ortho intramolecular Hbond substituents is 1. The Hall–Kier alpha value is -4.08. The van der Waals surface area contributed by atoms with E-state index < -0.39 is 53.2 Å². The number of benzene rings is 2. The summed E-state index contributed by atoms with van der Waals surface area (Å²) in [6, 6.07) is 12.0. The highest BCUT2D eigenvalue weighted by atomic mass is 16.6. The summed E-state index contributed by atoms with van der Waals surface area (Å²) in [5.41, 5.74) is -0.331. The largest absolute Gasteiger partial charge is 0.508 e. The van der Waals surface area contributed by atoms with Gasteiger partial charge in [0.25, 0.3) is 0 Å². The van der Waals surface area contributed by atoms with Crippen molar-refractivity contribution in [2.75, 3.05) is 6.54 Å². The molecule has 2 aromatic rings. The first-order valence-electron chi connectivity index (χ1n) is 15.6. The maximum Gasteiger partial charge on any atom is 0.408 e. The minimum atomic E-state index is -1.19. The highest BCUT2D eigenvalue weighted by Crippen LogP contribution is 2.26. The molecule has 3 atom stereocenters. The van der Waals surface area contributed by atoms with Crippen molar-refractivity contribution in [1.82, 2.24) is 15.5 Å². The highest BCUT2D eigenvalue weighted by molar-refractivity contribution is 5.94. The number of carbonyl (C=O) groups is 4. The van der Waals surface area contributed by atoms with Crippen molar-refractivity contribution in [2.24, 2.45) is 5.92 Å². The van der Waals surface area contributed by atoms with Crippen LogP contribution in [0.25, 0.3) is 0 Å². The first kappa shape index (κ1) is 37.1. The zero-order valence-electron chi connectivity index (χ0n) is 28.2. The summed E-state index contributed by atoms with van der Waals surface area (Å²) in [5.74, 6) is -1.66. The van der Waals surface area contributed by atoms with E-state index in [2.05, 4.69) is 10.6 Å². The molecule has 45 heavy (non-hydrogen) atoms. The average Bonchev–Trinajstić information content (AvgIpc) is 2.91. The van der Waals surface area contributed by atoms with Crippen LogP contribution in [-0.4, -0.2) is 63.7 Å². The number of amides is 3. The minimum Gasteiger partial charge on any atom is -0.508 e. The Balaban J connectivity index is 2.56. The predicted molar refractivity (Wildman–Crippen MR) is 173 cm³/mol. The number of esters is 1. The van der Waals surface area contributed by atoms with E-state index in [1.165, 1.54) is 17.0 Å². The third-order valence-electron chi connectivity index (χ3n) is 6.50. The zero-order chi connectivity index (χ0) is 33.9. The third kappa shape index (κ3) is 12.8. The lowest BCUT2D eigenvalue weighted by Gasteiger charge is -2.35. The van der Waals surface area contributed by atoms with E-state index in [0.29, 0.717) is 18.4 Å². The van der Waals surface area contributed by atoms with E-state index in [9.17, 15) is 24.3 Å². The van der Waals surface area contributed by atoms with Crippen LogP contribution in [0.5, 0.6) is 5.75 Å². The number of hydrogen-bond acceptors (Lipinski definition) is 7. The summed E-state index contributed by atoms with van der Waals surface area (Å²) in [7, 11) is 0. The van der Waals surface area contributed by atoms with E-state index in [1.54, 1.807) is 53.7 Å². The summed E-state index contributed by atoms with van der Waals surface area (Å²) in [6.45, 7) is 16.4. The third-order valence-corrected chi connectivity index (χ3v) is 6.50.